The molecular weight excluding hydrogens is 500 g/mol. The Kier molecular flexibility index (Phi) is 8.28. The third-order valence-electron chi connectivity index (χ3n) is 6.81. The molecule has 0 radical (unpaired) electrons. The van der Waals surface area contributed by atoms with Crippen molar-refractivity contribution in [2.24, 2.45) is 0 Å². The minimum Gasteiger partial charge on any atom is -0.350 e. The minimum atomic E-state index is -0.0869. The number of nitrogens with one attached hydrogen (secondary N) is 1. The summed E-state index contributed by atoms with van der Waals surface area (Å²) in [6.45, 7) is 4.61. The van der Waals surface area contributed by atoms with Gasteiger partial charge in [0.1, 0.15) is 0 Å². The van der Waals surface area contributed by atoms with E-state index in [0.29, 0.717) is 17.0 Å². The molecule has 0 aromatic heterocycles. The van der Waals surface area contributed by atoms with Crippen LogP contribution >= 0.6 is 11.8 Å². The normalized spacial score (nSPS) is 14.7. The first-order chi connectivity index (χ1) is 19.0. The van der Waals surface area contributed by atoms with Crippen LogP contribution in [0.3, 0.4) is 0 Å². The number of carbonyl (C=O) groups excluding carboxylic acids is 2. The number of anilines is 1. The number of aryl methyl sites for hydroxylation is 2. The third-order valence-corrected chi connectivity index (χ3v) is 7.89. The van der Waals surface area contributed by atoms with Crippen LogP contribution in [-0.2, 0) is 17.8 Å². The first kappa shape index (κ1) is 26.5. The number of hydrogen-bond acceptors (Lipinski definition) is 3. The predicted octanol–water partition coefficient (Wildman–Crippen LogP) is 7.43. The molecule has 0 bridgehead atoms. The highest BCUT2D eigenvalue weighted by Gasteiger charge is 2.29. The molecule has 1 atom stereocenters. The van der Waals surface area contributed by atoms with Gasteiger partial charge < -0.3 is 10.2 Å². The second kappa shape index (κ2) is 12.2. The van der Waals surface area contributed by atoms with Crippen molar-refractivity contribution >= 4 is 35.3 Å². The van der Waals surface area contributed by atoms with E-state index < -0.39 is 0 Å². The van der Waals surface area contributed by atoms with Crippen LogP contribution in [0.2, 0.25) is 0 Å². The Labute approximate surface area is 234 Å². The lowest BCUT2D eigenvalue weighted by Gasteiger charge is -2.30. The van der Waals surface area contributed by atoms with Gasteiger partial charge in [-0.25, -0.2) is 0 Å². The van der Waals surface area contributed by atoms with Crippen LogP contribution in [0.25, 0.3) is 6.08 Å². The maximum absolute atomic E-state index is 13.6. The summed E-state index contributed by atoms with van der Waals surface area (Å²) in [7, 11) is 0. The summed E-state index contributed by atoms with van der Waals surface area (Å²) in [6, 6.07) is 34.1. The van der Waals surface area contributed by atoms with Crippen molar-refractivity contribution in [2.45, 2.75) is 44.2 Å². The molecule has 4 aromatic carbocycles. The van der Waals surface area contributed by atoms with Crippen LogP contribution in [0.5, 0.6) is 0 Å². The Morgan fingerprint density at radius 2 is 1.62 bits per heavy atom. The summed E-state index contributed by atoms with van der Waals surface area (Å²) < 4.78 is 0. The van der Waals surface area contributed by atoms with Crippen molar-refractivity contribution in [1.82, 2.24) is 5.32 Å². The van der Waals surface area contributed by atoms with E-state index in [4.69, 9.17) is 0 Å². The molecule has 1 heterocycles. The van der Waals surface area contributed by atoms with Gasteiger partial charge in [-0.2, -0.15) is 0 Å². The average molecular weight is 533 g/mol. The maximum atomic E-state index is 13.6. The molecule has 196 valence electrons. The zero-order valence-corrected chi connectivity index (χ0v) is 23.1. The van der Waals surface area contributed by atoms with E-state index in [9.17, 15) is 9.59 Å². The summed E-state index contributed by atoms with van der Waals surface area (Å²) >= 11 is 1.49. The van der Waals surface area contributed by atoms with Crippen LogP contribution in [0.4, 0.5) is 5.69 Å². The number of hydrogen-bond donors (Lipinski definition) is 1. The second-order valence-corrected chi connectivity index (χ2v) is 11.1. The second-order valence-electron chi connectivity index (χ2n) is 9.98. The highest BCUT2D eigenvalue weighted by atomic mass is 32.2. The zero-order chi connectivity index (χ0) is 27.2. The average Bonchev–Trinajstić information content (AvgIpc) is 2.95. The Hall–Kier alpha value is -4.09. The molecule has 0 aliphatic carbocycles. The number of rotatable bonds is 8. The molecule has 0 spiro atoms. The zero-order valence-electron chi connectivity index (χ0n) is 22.3. The molecule has 0 saturated heterocycles. The third kappa shape index (κ3) is 6.68. The fraction of sp³-hybridized carbons (Fsp3) is 0.176. The van der Waals surface area contributed by atoms with Crippen LogP contribution in [-0.4, -0.2) is 17.9 Å². The number of para-hydroxylation sites is 1. The van der Waals surface area contributed by atoms with Crippen molar-refractivity contribution < 1.29 is 9.59 Å². The molecule has 1 N–H and O–H groups in total. The Balaban J connectivity index is 1.28. The van der Waals surface area contributed by atoms with Gasteiger partial charge in [0.25, 0.3) is 11.8 Å². The maximum Gasteiger partial charge on any atom is 0.265 e. The Morgan fingerprint density at radius 3 is 2.38 bits per heavy atom. The van der Waals surface area contributed by atoms with Crippen molar-refractivity contribution in [3.63, 3.8) is 0 Å². The standard InChI is InChI=1S/C34H32N2O2S/c1-24-9-8-12-28(21-24)23-36-30-13-6-7-14-31(30)39-32(34(36)38)22-27-17-19-29(20-18-27)33(37)35-25(2)15-16-26-10-4-3-5-11-26/h3-14,17-22,25H,15-16,23H2,1-2H3,(H,35,37)/b32-22+. The number of thioether (sulfide) groups is 1. The largest absolute Gasteiger partial charge is 0.350 e. The van der Waals surface area contributed by atoms with Gasteiger partial charge in [0.15, 0.2) is 0 Å². The molecule has 1 aliphatic heterocycles. The fourth-order valence-electron chi connectivity index (χ4n) is 4.70. The van der Waals surface area contributed by atoms with E-state index in [1.807, 2.05) is 84.6 Å². The van der Waals surface area contributed by atoms with Gasteiger partial charge in [0.05, 0.1) is 17.1 Å². The summed E-state index contributed by atoms with van der Waals surface area (Å²) in [6.07, 6.45) is 3.71. The molecule has 39 heavy (non-hydrogen) atoms. The topological polar surface area (TPSA) is 49.4 Å². The van der Waals surface area contributed by atoms with Crippen molar-refractivity contribution in [3.8, 4) is 0 Å². The molecule has 0 fully saturated rings. The lowest BCUT2D eigenvalue weighted by Crippen LogP contribution is -2.33. The van der Waals surface area contributed by atoms with Crippen LogP contribution in [0.15, 0.2) is 113 Å². The molecule has 1 aliphatic rings. The molecule has 0 saturated carbocycles. The highest BCUT2D eigenvalue weighted by molar-refractivity contribution is 8.04. The summed E-state index contributed by atoms with van der Waals surface area (Å²) in [5.41, 5.74) is 5.96. The Morgan fingerprint density at radius 1 is 0.897 bits per heavy atom. The highest BCUT2D eigenvalue weighted by Crippen LogP contribution is 2.42. The van der Waals surface area contributed by atoms with Gasteiger partial charge in [-0.15, -0.1) is 0 Å². The van der Waals surface area contributed by atoms with Crippen molar-refractivity contribution in [3.05, 3.63) is 136 Å². The molecule has 4 nitrogen and oxygen atoms in total. The first-order valence-electron chi connectivity index (χ1n) is 13.3. The number of benzene rings is 4. The predicted molar refractivity (Wildman–Crippen MR) is 161 cm³/mol. The van der Waals surface area contributed by atoms with Crippen molar-refractivity contribution in [2.75, 3.05) is 4.90 Å². The van der Waals surface area contributed by atoms with Gasteiger partial charge >= 0.3 is 0 Å². The lowest BCUT2D eigenvalue weighted by atomic mass is 10.1. The van der Waals surface area contributed by atoms with E-state index in [0.717, 1.165) is 34.6 Å². The number of amides is 2. The molecular formula is C34H32N2O2S. The summed E-state index contributed by atoms with van der Waals surface area (Å²) in [5.74, 6) is -0.106. The molecule has 2 amide bonds. The monoisotopic (exact) mass is 532 g/mol. The van der Waals surface area contributed by atoms with Gasteiger partial charge in [-0.3, -0.25) is 9.59 Å². The number of fused-ring (bicyclic) bond motifs is 1. The molecule has 4 aromatic rings. The quantitative estimate of drug-likeness (QED) is 0.240. The Bertz CT molecular complexity index is 1500. The number of carbonyl (C=O) groups is 2. The van der Waals surface area contributed by atoms with E-state index in [1.54, 1.807) is 0 Å². The molecule has 1 unspecified atom stereocenters. The van der Waals surface area contributed by atoms with Gasteiger partial charge in [-0.1, -0.05) is 96.2 Å². The van der Waals surface area contributed by atoms with Crippen LogP contribution in [0, 0.1) is 6.92 Å². The van der Waals surface area contributed by atoms with Gasteiger partial charge in [-0.05, 0) is 73.7 Å². The van der Waals surface area contributed by atoms with E-state index in [1.165, 1.54) is 22.9 Å². The number of nitrogens with zero attached hydrogens (tertiary/aromatic N) is 1. The minimum absolute atomic E-state index is 0.0192. The van der Waals surface area contributed by atoms with Crippen LogP contribution < -0.4 is 10.2 Å². The smallest absolute Gasteiger partial charge is 0.265 e. The molecule has 5 rings (SSSR count). The van der Waals surface area contributed by atoms with Crippen molar-refractivity contribution in [1.29, 1.82) is 0 Å². The summed E-state index contributed by atoms with van der Waals surface area (Å²) in [5, 5.41) is 3.10. The lowest BCUT2D eigenvalue weighted by molar-refractivity contribution is -0.114. The van der Waals surface area contributed by atoms with E-state index >= 15 is 0 Å². The van der Waals surface area contributed by atoms with Crippen LogP contribution in [0.1, 0.15) is 46.0 Å². The SMILES string of the molecule is Cc1cccc(CN2C(=O)/C(=C\c3ccc(C(=O)NC(C)CCc4ccccc4)cc3)Sc3ccccc32)c1. The van der Waals surface area contributed by atoms with E-state index in [2.05, 4.69) is 48.6 Å². The first-order valence-corrected chi connectivity index (χ1v) is 14.1. The summed E-state index contributed by atoms with van der Waals surface area (Å²) in [4.78, 5) is 30.0. The molecule has 5 heteroatoms. The van der Waals surface area contributed by atoms with E-state index in [-0.39, 0.29) is 17.9 Å². The van der Waals surface area contributed by atoms with Gasteiger partial charge in [0.2, 0.25) is 0 Å². The van der Waals surface area contributed by atoms with Gasteiger partial charge in [0, 0.05) is 16.5 Å². The fourth-order valence-corrected chi connectivity index (χ4v) is 5.76.